The van der Waals surface area contributed by atoms with Gasteiger partial charge in [-0.05, 0) is 67.9 Å². The molecule has 1 N–H and O–H groups in total. The summed E-state index contributed by atoms with van der Waals surface area (Å²) in [6, 6.07) is 14.6. The Morgan fingerprint density at radius 1 is 1.10 bits per heavy atom. The molecule has 0 aliphatic carbocycles. The molecule has 0 aliphatic rings. The minimum Gasteiger partial charge on any atom is -0.497 e. The fourth-order valence-electron chi connectivity index (χ4n) is 3.62. The van der Waals surface area contributed by atoms with Crippen molar-refractivity contribution in [1.82, 2.24) is 5.43 Å². The lowest BCUT2D eigenvalue weighted by Crippen LogP contribution is -2.39. The quantitative estimate of drug-likeness (QED) is 0.128. The highest BCUT2D eigenvalue weighted by Crippen LogP contribution is 2.30. The van der Waals surface area contributed by atoms with Gasteiger partial charge < -0.3 is 14.2 Å². The van der Waals surface area contributed by atoms with E-state index in [1.165, 1.54) is 56.6 Å². The SMILES string of the molecule is C=CCOc1ccc(/C=N\NC(=O)CN(c2ccc(OC)cc2)S(=O)(=O)c2ccc(C)c([N+](=O)[O-])c2)cc1OCC. The van der Waals surface area contributed by atoms with Gasteiger partial charge in [0.05, 0.1) is 35.4 Å². The molecule has 0 atom stereocenters. The van der Waals surface area contributed by atoms with Crippen LogP contribution in [0.25, 0.3) is 0 Å². The number of ether oxygens (including phenoxy) is 3. The van der Waals surface area contributed by atoms with Gasteiger partial charge in [0, 0.05) is 11.6 Å². The second-order valence-corrected chi connectivity index (χ2v) is 10.3. The molecule has 0 saturated heterocycles. The number of anilines is 1. The number of nitrogens with one attached hydrogen (secondary N) is 1. The van der Waals surface area contributed by atoms with Crippen molar-refractivity contribution >= 4 is 33.5 Å². The topological polar surface area (TPSA) is 150 Å². The van der Waals surface area contributed by atoms with Gasteiger partial charge in [-0.2, -0.15) is 5.10 Å². The number of nitrogens with zero attached hydrogens (tertiary/aromatic N) is 3. The Hall–Kier alpha value is -4.91. The van der Waals surface area contributed by atoms with Crippen molar-refractivity contribution in [2.24, 2.45) is 5.10 Å². The lowest BCUT2D eigenvalue weighted by atomic mass is 10.2. The van der Waals surface area contributed by atoms with Crippen molar-refractivity contribution < 1.29 is 32.3 Å². The van der Waals surface area contributed by atoms with Gasteiger partial charge >= 0.3 is 0 Å². The molecular formula is C28H30N4O8S. The van der Waals surface area contributed by atoms with Crippen LogP contribution in [0, 0.1) is 17.0 Å². The molecule has 0 bridgehead atoms. The predicted molar refractivity (Wildman–Crippen MR) is 154 cm³/mol. The van der Waals surface area contributed by atoms with Gasteiger partial charge in [0.1, 0.15) is 18.9 Å². The fourth-order valence-corrected chi connectivity index (χ4v) is 5.06. The van der Waals surface area contributed by atoms with Crippen molar-refractivity contribution in [3.63, 3.8) is 0 Å². The third-order valence-electron chi connectivity index (χ3n) is 5.64. The van der Waals surface area contributed by atoms with E-state index < -0.39 is 27.4 Å². The van der Waals surface area contributed by atoms with Crippen molar-refractivity contribution in [1.29, 1.82) is 0 Å². The third-order valence-corrected chi connectivity index (χ3v) is 7.41. The summed E-state index contributed by atoms with van der Waals surface area (Å²) >= 11 is 0. The van der Waals surface area contributed by atoms with E-state index in [1.54, 1.807) is 24.3 Å². The zero-order valence-corrected chi connectivity index (χ0v) is 23.6. The Morgan fingerprint density at radius 2 is 1.83 bits per heavy atom. The van der Waals surface area contributed by atoms with E-state index in [0.717, 1.165) is 10.4 Å². The number of benzene rings is 3. The van der Waals surface area contributed by atoms with Crippen LogP contribution in [0.4, 0.5) is 11.4 Å². The predicted octanol–water partition coefficient (Wildman–Crippen LogP) is 4.22. The van der Waals surface area contributed by atoms with Crippen molar-refractivity contribution in [2.75, 3.05) is 31.2 Å². The maximum atomic E-state index is 13.6. The standard InChI is InChI=1S/C28H30N4O8S/c1-5-15-40-26-14-8-21(16-27(26)39-6-2)18-29-30-28(33)19-31(22-9-11-23(38-4)12-10-22)41(36,37)24-13-7-20(3)25(17-24)32(34)35/h5,7-14,16-18H,1,6,15,19H2,2-4H3,(H,30,33)/b29-18-. The van der Waals surface area contributed by atoms with Crippen molar-refractivity contribution in [2.45, 2.75) is 18.7 Å². The molecule has 0 aliphatic heterocycles. The van der Waals surface area contributed by atoms with E-state index in [1.807, 2.05) is 6.92 Å². The number of rotatable bonds is 14. The van der Waals surface area contributed by atoms with Gasteiger partial charge in [0.15, 0.2) is 11.5 Å². The number of aryl methyl sites for hydroxylation is 1. The van der Waals surface area contributed by atoms with Crippen LogP contribution in [-0.4, -0.2) is 52.3 Å². The van der Waals surface area contributed by atoms with Crippen LogP contribution in [0.15, 0.2) is 83.3 Å². The number of hydrogen-bond acceptors (Lipinski definition) is 9. The molecule has 1 amide bonds. The van der Waals surface area contributed by atoms with Crippen LogP contribution in [-0.2, 0) is 14.8 Å². The summed E-state index contributed by atoms with van der Waals surface area (Å²) in [4.78, 5) is 23.3. The van der Waals surface area contributed by atoms with E-state index in [9.17, 15) is 23.3 Å². The summed E-state index contributed by atoms with van der Waals surface area (Å²) in [6.07, 6.45) is 2.98. The molecule has 41 heavy (non-hydrogen) atoms. The number of carbonyl (C=O) groups is 1. The highest BCUT2D eigenvalue weighted by Gasteiger charge is 2.29. The van der Waals surface area contributed by atoms with Gasteiger partial charge in [-0.1, -0.05) is 18.7 Å². The fraction of sp³-hybridized carbons (Fsp3) is 0.214. The smallest absolute Gasteiger partial charge is 0.273 e. The van der Waals surface area contributed by atoms with Crippen LogP contribution in [0.1, 0.15) is 18.1 Å². The molecule has 0 radical (unpaired) electrons. The number of sulfonamides is 1. The van der Waals surface area contributed by atoms with Crippen molar-refractivity contribution in [3.8, 4) is 17.2 Å². The molecule has 0 aromatic heterocycles. The number of amides is 1. The number of hydrogen-bond donors (Lipinski definition) is 1. The second kappa shape index (κ2) is 13.9. The molecule has 0 fully saturated rings. The Balaban J connectivity index is 1.86. The average Bonchev–Trinajstić information content (AvgIpc) is 2.95. The van der Waals surface area contributed by atoms with E-state index in [2.05, 4.69) is 17.1 Å². The maximum Gasteiger partial charge on any atom is 0.273 e. The van der Waals surface area contributed by atoms with Gasteiger partial charge in [0.25, 0.3) is 21.6 Å². The van der Waals surface area contributed by atoms with Gasteiger partial charge in [-0.15, -0.1) is 0 Å². The minimum absolute atomic E-state index is 0.143. The first-order valence-corrected chi connectivity index (χ1v) is 13.8. The van der Waals surface area contributed by atoms with Gasteiger partial charge in [0.2, 0.25) is 0 Å². The number of nitro benzene ring substituents is 1. The van der Waals surface area contributed by atoms with E-state index in [-0.39, 0.29) is 16.3 Å². The van der Waals surface area contributed by atoms with Crippen LogP contribution in [0.2, 0.25) is 0 Å². The summed E-state index contributed by atoms with van der Waals surface area (Å²) in [5.74, 6) is 0.717. The second-order valence-electron chi connectivity index (χ2n) is 8.45. The molecular weight excluding hydrogens is 552 g/mol. The zero-order chi connectivity index (χ0) is 30.0. The van der Waals surface area contributed by atoms with Crippen LogP contribution in [0.3, 0.4) is 0 Å². The van der Waals surface area contributed by atoms with Crippen LogP contribution >= 0.6 is 0 Å². The molecule has 0 unspecified atom stereocenters. The minimum atomic E-state index is -4.41. The molecule has 3 aromatic carbocycles. The first-order chi connectivity index (χ1) is 19.6. The van der Waals surface area contributed by atoms with Gasteiger partial charge in [-0.25, -0.2) is 13.8 Å². The van der Waals surface area contributed by atoms with Crippen LogP contribution in [0.5, 0.6) is 17.2 Å². The lowest BCUT2D eigenvalue weighted by molar-refractivity contribution is -0.385. The lowest BCUT2D eigenvalue weighted by Gasteiger charge is -2.24. The number of methoxy groups -OCH3 is 1. The third kappa shape index (κ3) is 7.82. The number of hydrazone groups is 1. The summed E-state index contributed by atoms with van der Waals surface area (Å²) in [7, 11) is -2.95. The number of nitro groups is 1. The number of carbonyl (C=O) groups excluding carboxylic acids is 1. The van der Waals surface area contributed by atoms with Gasteiger partial charge in [-0.3, -0.25) is 19.2 Å². The molecule has 0 saturated carbocycles. The molecule has 216 valence electrons. The first kappa shape index (κ1) is 30.6. The molecule has 13 heteroatoms. The Kier molecular flexibility index (Phi) is 10.4. The molecule has 12 nitrogen and oxygen atoms in total. The van der Waals surface area contributed by atoms with Crippen LogP contribution < -0.4 is 23.9 Å². The largest absolute Gasteiger partial charge is 0.497 e. The summed E-state index contributed by atoms with van der Waals surface area (Å²) in [5, 5.41) is 15.4. The first-order valence-electron chi connectivity index (χ1n) is 12.3. The molecule has 0 spiro atoms. The normalized spacial score (nSPS) is 11.1. The highest BCUT2D eigenvalue weighted by molar-refractivity contribution is 7.92. The average molecular weight is 583 g/mol. The van der Waals surface area contributed by atoms with E-state index in [0.29, 0.717) is 41.6 Å². The molecule has 3 aromatic rings. The van der Waals surface area contributed by atoms with E-state index >= 15 is 0 Å². The molecule has 3 rings (SSSR count). The van der Waals surface area contributed by atoms with E-state index in [4.69, 9.17) is 14.2 Å². The highest BCUT2D eigenvalue weighted by atomic mass is 32.2. The zero-order valence-electron chi connectivity index (χ0n) is 22.8. The summed E-state index contributed by atoms with van der Waals surface area (Å²) in [6.45, 7) is 6.99. The Labute approximate surface area is 238 Å². The monoisotopic (exact) mass is 582 g/mol. The summed E-state index contributed by atoms with van der Waals surface area (Å²) < 4.78 is 44.4. The molecule has 0 heterocycles. The Bertz CT molecular complexity index is 1540. The van der Waals surface area contributed by atoms with Crippen molar-refractivity contribution in [3.05, 3.63) is 94.6 Å². The summed E-state index contributed by atoms with van der Waals surface area (Å²) in [5.41, 5.74) is 2.99. The Morgan fingerprint density at radius 3 is 2.46 bits per heavy atom. The maximum absolute atomic E-state index is 13.6.